The maximum absolute atomic E-state index is 14.6. The van der Waals surface area contributed by atoms with E-state index in [4.69, 9.17) is 5.73 Å². The maximum atomic E-state index is 14.6. The van der Waals surface area contributed by atoms with Gasteiger partial charge in [-0.05, 0) is 42.3 Å². The van der Waals surface area contributed by atoms with Crippen molar-refractivity contribution in [3.8, 4) is 11.3 Å². The second-order valence-corrected chi connectivity index (χ2v) is 8.36. The number of amides is 2. The lowest BCUT2D eigenvalue weighted by Gasteiger charge is -2.08. The third kappa shape index (κ3) is 5.07. The standard InChI is InChI=1S/C25H21FN4O2S/c1-15-11-12-17(23(27)31)13-20(15)29-25-30-21(18-9-5-6-10-19(18)26)22(33-25)24(32)28-14-16-7-3-2-4-8-16/h2-13H,14H2,1H3,(H2,27,31)(H,28,32)(H,29,30). The molecule has 33 heavy (non-hydrogen) atoms. The summed E-state index contributed by atoms with van der Waals surface area (Å²) < 4.78 is 14.6. The Kier molecular flexibility index (Phi) is 6.46. The molecule has 1 aromatic heterocycles. The number of hydrogen-bond acceptors (Lipinski definition) is 5. The van der Waals surface area contributed by atoms with Gasteiger partial charge >= 0.3 is 0 Å². The van der Waals surface area contributed by atoms with Crippen LogP contribution in [0.3, 0.4) is 0 Å². The second kappa shape index (κ2) is 9.62. The SMILES string of the molecule is Cc1ccc(C(N)=O)cc1Nc1nc(-c2ccccc2F)c(C(=O)NCc2ccccc2)s1. The van der Waals surface area contributed by atoms with Crippen LogP contribution < -0.4 is 16.4 Å². The first-order chi connectivity index (χ1) is 15.9. The number of primary amides is 1. The molecule has 0 spiro atoms. The number of anilines is 2. The minimum absolute atomic E-state index is 0.231. The Morgan fingerprint density at radius 1 is 1.03 bits per heavy atom. The van der Waals surface area contributed by atoms with E-state index >= 15 is 0 Å². The predicted molar refractivity (Wildman–Crippen MR) is 128 cm³/mol. The van der Waals surface area contributed by atoms with Crippen molar-refractivity contribution in [2.24, 2.45) is 5.73 Å². The Hall–Kier alpha value is -4.04. The zero-order chi connectivity index (χ0) is 23.4. The van der Waals surface area contributed by atoms with E-state index in [1.807, 2.05) is 37.3 Å². The average molecular weight is 461 g/mol. The van der Waals surface area contributed by atoms with Crippen molar-refractivity contribution in [3.05, 3.63) is 100 Å². The fourth-order valence-corrected chi connectivity index (χ4v) is 4.16. The summed E-state index contributed by atoms with van der Waals surface area (Å²) in [7, 11) is 0. The minimum atomic E-state index is -0.551. The molecule has 0 saturated heterocycles. The van der Waals surface area contributed by atoms with E-state index in [1.54, 1.807) is 36.4 Å². The van der Waals surface area contributed by atoms with Gasteiger partial charge in [0.15, 0.2) is 5.13 Å². The van der Waals surface area contributed by atoms with E-state index in [1.165, 1.54) is 6.07 Å². The molecule has 0 radical (unpaired) electrons. The third-order valence-electron chi connectivity index (χ3n) is 5.02. The van der Waals surface area contributed by atoms with Crippen molar-refractivity contribution in [1.82, 2.24) is 10.3 Å². The number of aryl methyl sites for hydroxylation is 1. The Morgan fingerprint density at radius 2 is 1.76 bits per heavy atom. The molecule has 4 aromatic rings. The van der Waals surface area contributed by atoms with E-state index < -0.39 is 11.7 Å². The first kappa shape index (κ1) is 22.2. The first-order valence-electron chi connectivity index (χ1n) is 10.2. The van der Waals surface area contributed by atoms with Gasteiger partial charge in [-0.15, -0.1) is 0 Å². The molecule has 0 aliphatic rings. The van der Waals surface area contributed by atoms with Gasteiger partial charge in [0.1, 0.15) is 10.7 Å². The highest BCUT2D eigenvalue weighted by Crippen LogP contribution is 2.34. The molecule has 4 rings (SSSR count). The molecule has 4 N–H and O–H groups in total. The molecule has 0 unspecified atom stereocenters. The van der Waals surface area contributed by atoms with Crippen LogP contribution in [0.25, 0.3) is 11.3 Å². The van der Waals surface area contributed by atoms with E-state index in [0.717, 1.165) is 22.5 Å². The smallest absolute Gasteiger partial charge is 0.264 e. The molecule has 0 aliphatic carbocycles. The van der Waals surface area contributed by atoms with Crippen molar-refractivity contribution < 1.29 is 14.0 Å². The van der Waals surface area contributed by atoms with Crippen LogP contribution in [-0.2, 0) is 6.54 Å². The summed E-state index contributed by atoms with van der Waals surface area (Å²) >= 11 is 1.11. The fourth-order valence-electron chi connectivity index (χ4n) is 3.25. The number of rotatable bonds is 7. The van der Waals surface area contributed by atoms with Crippen LogP contribution in [0.4, 0.5) is 15.2 Å². The van der Waals surface area contributed by atoms with Gasteiger partial charge in [-0.2, -0.15) is 0 Å². The second-order valence-electron chi connectivity index (χ2n) is 7.36. The zero-order valence-electron chi connectivity index (χ0n) is 17.8. The van der Waals surface area contributed by atoms with Gasteiger partial charge < -0.3 is 16.4 Å². The molecule has 2 amide bonds. The molecule has 0 aliphatic heterocycles. The number of carbonyl (C=O) groups is 2. The topological polar surface area (TPSA) is 97.1 Å². The number of thiazole rings is 1. The molecule has 0 bridgehead atoms. The van der Waals surface area contributed by atoms with Crippen LogP contribution >= 0.6 is 11.3 Å². The molecule has 0 fully saturated rings. The van der Waals surface area contributed by atoms with Crippen LogP contribution in [0.1, 0.15) is 31.2 Å². The predicted octanol–water partition coefficient (Wildman–Crippen LogP) is 5.03. The molecule has 6 nitrogen and oxygen atoms in total. The lowest BCUT2D eigenvalue weighted by atomic mass is 10.1. The molecule has 166 valence electrons. The maximum Gasteiger partial charge on any atom is 0.264 e. The Bertz CT molecular complexity index is 1320. The number of halogens is 1. The van der Waals surface area contributed by atoms with Gasteiger partial charge in [-0.1, -0.05) is 59.9 Å². The van der Waals surface area contributed by atoms with Crippen LogP contribution in [0.5, 0.6) is 0 Å². The van der Waals surface area contributed by atoms with Crippen LogP contribution in [0, 0.1) is 12.7 Å². The fraction of sp³-hybridized carbons (Fsp3) is 0.0800. The van der Waals surface area contributed by atoms with Crippen molar-refractivity contribution in [2.75, 3.05) is 5.32 Å². The summed E-state index contributed by atoms with van der Waals surface area (Å²) in [5, 5.41) is 6.41. The number of aromatic nitrogens is 1. The van der Waals surface area contributed by atoms with Gasteiger partial charge in [0.2, 0.25) is 5.91 Å². The number of carbonyl (C=O) groups excluding carboxylic acids is 2. The molecule has 3 aromatic carbocycles. The Balaban J connectivity index is 1.68. The zero-order valence-corrected chi connectivity index (χ0v) is 18.6. The van der Waals surface area contributed by atoms with Gasteiger partial charge in [-0.3, -0.25) is 9.59 Å². The van der Waals surface area contributed by atoms with Crippen molar-refractivity contribution in [3.63, 3.8) is 0 Å². The van der Waals surface area contributed by atoms with Gasteiger partial charge in [0.05, 0.1) is 5.69 Å². The summed E-state index contributed by atoms with van der Waals surface area (Å²) in [5.74, 6) is -1.38. The van der Waals surface area contributed by atoms with Gasteiger partial charge in [-0.25, -0.2) is 9.37 Å². The summed E-state index contributed by atoms with van der Waals surface area (Å²) in [6, 6.07) is 20.7. The third-order valence-corrected chi connectivity index (χ3v) is 5.99. The van der Waals surface area contributed by atoms with Crippen molar-refractivity contribution in [1.29, 1.82) is 0 Å². The number of nitrogens with one attached hydrogen (secondary N) is 2. The summed E-state index contributed by atoms with van der Waals surface area (Å²) in [4.78, 5) is 29.4. The van der Waals surface area contributed by atoms with Crippen molar-refractivity contribution >= 4 is 34.0 Å². The normalized spacial score (nSPS) is 10.6. The highest BCUT2D eigenvalue weighted by Gasteiger charge is 2.22. The number of hydrogen-bond donors (Lipinski definition) is 3. The van der Waals surface area contributed by atoms with E-state index in [-0.39, 0.29) is 22.0 Å². The molecule has 1 heterocycles. The highest BCUT2D eigenvalue weighted by molar-refractivity contribution is 7.18. The largest absolute Gasteiger partial charge is 0.366 e. The summed E-state index contributed by atoms with van der Waals surface area (Å²) in [6.45, 7) is 2.20. The Labute approximate surface area is 194 Å². The summed E-state index contributed by atoms with van der Waals surface area (Å²) in [5.41, 5.74) is 8.64. The first-order valence-corrected chi connectivity index (χ1v) is 11.0. The molecular weight excluding hydrogens is 439 g/mol. The minimum Gasteiger partial charge on any atom is -0.366 e. The number of benzene rings is 3. The highest BCUT2D eigenvalue weighted by atomic mass is 32.1. The number of nitrogens with two attached hydrogens (primary N) is 1. The lowest BCUT2D eigenvalue weighted by Crippen LogP contribution is -2.22. The lowest BCUT2D eigenvalue weighted by molar-refractivity contribution is 0.0954. The number of nitrogens with zero attached hydrogens (tertiary/aromatic N) is 1. The van der Waals surface area contributed by atoms with Crippen LogP contribution in [0.2, 0.25) is 0 Å². The van der Waals surface area contributed by atoms with Crippen LogP contribution in [0.15, 0.2) is 72.8 Å². The van der Waals surface area contributed by atoms with E-state index in [9.17, 15) is 14.0 Å². The molecule has 0 atom stereocenters. The van der Waals surface area contributed by atoms with Gasteiger partial charge in [0.25, 0.3) is 5.91 Å². The average Bonchev–Trinajstić information content (AvgIpc) is 3.23. The van der Waals surface area contributed by atoms with Crippen molar-refractivity contribution in [2.45, 2.75) is 13.5 Å². The molecule has 0 saturated carbocycles. The van der Waals surface area contributed by atoms with Gasteiger partial charge in [0, 0.05) is 23.4 Å². The van der Waals surface area contributed by atoms with E-state index in [0.29, 0.717) is 22.9 Å². The summed E-state index contributed by atoms with van der Waals surface area (Å²) in [6.07, 6.45) is 0. The van der Waals surface area contributed by atoms with Crippen LogP contribution in [-0.4, -0.2) is 16.8 Å². The Morgan fingerprint density at radius 3 is 2.48 bits per heavy atom. The quantitative estimate of drug-likeness (QED) is 0.360. The molecular formula is C25H21FN4O2S. The molecule has 8 heteroatoms. The van der Waals surface area contributed by atoms with E-state index in [2.05, 4.69) is 15.6 Å². The monoisotopic (exact) mass is 460 g/mol.